The predicted molar refractivity (Wildman–Crippen MR) is 80.0 cm³/mol. The molecular formula is C15H18N6O. The van der Waals surface area contributed by atoms with E-state index in [4.69, 9.17) is 11.0 Å². The zero-order chi connectivity index (χ0) is 16.3. The highest BCUT2D eigenvalue weighted by atomic mass is 16.2. The largest absolute Gasteiger partial charge is 0.311 e. The first kappa shape index (κ1) is 15.7. The Bertz CT molecular complexity index is 641. The molecular weight excluding hydrogens is 280 g/mol. The molecule has 2 atom stereocenters. The summed E-state index contributed by atoms with van der Waals surface area (Å²) in [5.74, 6) is 0.307. The lowest BCUT2D eigenvalue weighted by Gasteiger charge is -2.44. The van der Waals surface area contributed by atoms with Crippen LogP contribution in [-0.4, -0.2) is 34.2 Å². The summed E-state index contributed by atoms with van der Waals surface area (Å²) in [6.45, 7) is 3.71. The summed E-state index contributed by atoms with van der Waals surface area (Å²) in [6.07, 6.45) is 2.15. The lowest BCUT2D eigenvalue weighted by molar-refractivity contribution is -0.131. The van der Waals surface area contributed by atoms with E-state index in [1.54, 1.807) is 24.0 Å². The van der Waals surface area contributed by atoms with Gasteiger partial charge in [-0.15, -0.1) is 0 Å². The first-order valence-electron chi connectivity index (χ1n) is 7.07. The normalized spacial score (nSPS) is 21.8. The highest BCUT2D eigenvalue weighted by Crippen LogP contribution is 2.36. The number of carbonyl (C=O) groups excluding carboxylic acids is 1. The standard InChI is InChI=1S/C15H18N6O/c1-11(18)21(14-5-4-13(8-16)9-19-14)15(10-17)6-3-7-20(15)12(2)22/h4-5,9,11H,3,6-7,18H2,1-2H3. The lowest BCUT2D eigenvalue weighted by Crippen LogP contribution is -2.63. The van der Waals surface area contributed by atoms with Crippen LogP contribution in [0.2, 0.25) is 0 Å². The summed E-state index contributed by atoms with van der Waals surface area (Å²) in [5.41, 5.74) is 5.36. The monoisotopic (exact) mass is 298 g/mol. The summed E-state index contributed by atoms with van der Waals surface area (Å²) in [7, 11) is 0. The van der Waals surface area contributed by atoms with Crippen molar-refractivity contribution in [3.63, 3.8) is 0 Å². The topological polar surface area (TPSA) is 110 Å². The van der Waals surface area contributed by atoms with E-state index >= 15 is 0 Å². The van der Waals surface area contributed by atoms with E-state index in [0.717, 1.165) is 6.42 Å². The minimum atomic E-state index is -1.14. The molecule has 1 aromatic rings. The van der Waals surface area contributed by atoms with Gasteiger partial charge in [-0.1, -0.05) is 0 Å². The number of hydrogen-bond donors (Lipinski definition) is 1. The van der Waals surface area contributed by atoms with Gasteiger partial charge in [0.05, 0.1) is 11.7 Å². The third-order valence-electron chi connectivity index (χ3n) is 3.84. The lowest BCUT2D eigenvalue weighted by atomic mass is 10.1. The second-order valence-corrected chi connectivity index (χ2v) is 5.33. The molecule has 7 nitrogen and oxygen atoms in total. The van der Waals surface area contributed by atoms with Crippen LogP contribution < -0.4 is 10.6 Å². The maximum Gasteiger partial charge on any atom is 0.222 e. The molecule has 1 amide bonds. The van der Waals surface area contributed by atoms with Crippen molar-refractivity contribution in [2.24, 2.45) is 5.73 Å². The number of nitriles is 2. The average Bonchev–Trinajstić information content (AvgIpc) is 2.93. The molecule has 0 aromatic carbocycles. The van der Waals surface area contributed by atoms with Crippen molar-refractivity contribution in [2.75, 3.05) is 11.4 Å². The van der Waals surface area contributed by atoms with Gasteiger partial charge < -0.3 is 15.5 Å². The number of rotatable bonds is 3. The van der Waals surface area contributed by atoms with E-state index in [1.165, 1.54) is 18.0 Å². The Kier molecular flexibility index (Phi) is 4.30. The predicted octanol–water partition coefficient (Wildman–Crippen LogP) is 0.927. The molecule has 22 heavy (non-hydrogen) atoms. The molecule has 0 spiro atoms. The number of amides is 1. The van der Waals surface area contributed by atoms with Gasteiger partial charge in [-0.2, -0.15) is 10.5 Å². The number of aromatic nitrogens is 1. The Morgan fingerprint density at radius 3 is 2.73 bits per heavy atom. The first-order chi connectivity index (χ1) is 10.5. The van der Waals surface area contributed by atoms with Gasteiger partial charge in [0, 0.05) is 26.1 Å². The Morgan fingerprint density at radius 2 is 2.27 bits per heavy atom. The van der Waals surface area contributed by atoms with E-state index in [9.17, 15) is 10.1 Å². The second-order valence-electron chi connectivity index (χ2n) is 5.33. The molecule has 1 aromatic heterocycles. The van der Waals surface area contributed by atoms with Gasteiger partial charge in [0.1, 0.15) is 18.0 Å². The second kappa shape index (κ2) is 6.00. The molecule has 1 aliphatic rings. The Balaban J connectivity index is 2.52. The fourth-order valence-electron chi connectivity index (χ4n) is 2.97. The number of nitrogens with two attached hydrogens (primary N) is 1. The van der Waals surface area contributed by atoms with Crippen LogP contribution in [0, 0.1) is 22.7 Å². The maximum atomic E-state index is 11.9. The van der Waals surface area contributed by atoms with Crippen molar-refractivity contribution in [3.05, 3.63) is 23.9 Å². The van der Waals surface area contributed by atoms with Crippen LogP contribution in [0.15, 0.2) is 18.3 Å². The van der Waals surface area contributed by atoms with Crippen LogP contribution >= 0.6 is 0 Å². The number of carbonyl (C=O) groups is 1. The third kappa shape index (κ3) is 2.47. The Hall–Kier alpha value is -2.64. The van der Waals surface area contributed by atoms with Crippen LogP contribution in [0.5, 0.6) is 0 Å². The highest BCUT2D eigenvalue weighted by Gasteiger charge is 2.49. The summed E-state index contributed by atoms with van der Waals surface area (Å²) >= 11 is 0. The Morgan fingerprint density at radius 1 is 1.55 bits per heavy atom. The summed E-state index contributed by atoms with van der Waals surface area (Å²) in [4.78, 5) is 19.4. The highest BCUT2D eigenvalue weighted by molar-refractivity contribution is 5.76. The molecule has 114 valence electrons. The molecule has 2 heterocycles. The SMILES string of the molecule is CC(=O)N1CCCC1(C#N)N(c1ccc(C#N)cn1)C(C)N. The van der Waals surface area contributed by atoms with Gasteiger partial charge in [-0.25, -0.2) is 4.98 Å². The molecule has 2 N–H and O–H groups in total. The van der Waals surface area contributed by atoms with Gasteiger partial charge in [0.2, 0.25) is 11.6 Å². The average molecular weight is 298 g/mol. The number of hydrogen-bond acceptors (Lipinski definition) is 6. The van der Waals surface area contributed by atoms with Crippen molar-refractivity contribution < 1.29 is 4.79 Å². The van der Waals surface area contributed by atoms with E-state index in [1.807, 2.05) is 6.07 Å². The summed E-state index contributed by atoms with van der Waals surface area (Å²) in [6, 6.07) is 7.54. The number of nitrogens with zero attached hydrogens (tertiary/aromatic N) is 5. The van der Waals surface area contributed by atoms with Gasteiger partial charge in [-0.05, 0) is 25.5 Å². The quantitative estimate of drug-likeness (QED) is 0.831. The van der Waals surface area contributed by atoms with Crippen molar-refractivity contribution in [1.29, 1.82) is 10.5 Å². The molecule has 0 aliphatic carbocycles. The van der Waals surface area contributed by atoms with Crippen LogP contribution in [0.25, 0.3) is 0 Å². The molecule has 0 saturated carbocycles. The van der Waals surface area contributed by atoms with Gasteiger partial charge in [-0.3, -0.25) is 4.79 Å². The van der Waals surface area contributed by atoms with E-state index < -0.39 is 11.8 Å². The van der Waals surface area contributed by atoms with E-state index in [2.05, 4.69) is 11.1 Å². The van der Waals surface area contributed by atoms with Crippen molar-refractivity contribution >= 4 is 11.7 Å². The molecule has 2 rings (SSSR count). The van der Waals surface area contributed by atoms with E-state index in [0.29, 0.717) is 24.3 Å². The number of anilines is 1. The minimum absolute atomic E-state index is 0.168. The molecule has 2 unspecified atom stereocenters. The Labute approximate surface area is 129 Å². The fraction of sp³-hybridized carbons (Fsp3) is 0.467. The van der Waals surface area contributed by atoms with Crippen molar-refractivity contribution in [3.8, 4) is 12.1 Å². The molecule has 1 saturated heterocycles. The molecule has 1 aliphatic heterocycles. The van der Waals surface area contributed by atoms with Crippen molar-refractivity contribution in [2.45, 2.75) is 38.5 Å². The van der Waals surface area contributed by atoms with Crippen LogP contribution in [0.4, 0.5) is 5.82 Å². The number of pyridine rings is 1. The van der Waals surface area contributed by atoms with Gasteiger partial charge in [0.15, 0.2) is 0 Å². The molecule has 7 heteroatoms. The summed E-state index contributed by atoms with van der Waals surface area (Å²) in [5, 5.41) is 18.7. The van der Waals surface area contributed by atoms with Gasteiger partial charge >= 0.3 is 0 Å². The van der Waals surface area contributed by atoms with Crippen LogP contribution in [-0.2, 0) is 4.79 Å². The smallest absolute Gasteiger partial charge is 0.222 e. The first-order valence-corrected chi connectivity index (χ1v) is 7.07. The van der Waals surface area contributed by atoms with E-state index in [-0.39, 0.29) is 5.91 Å². The third-order valence-corrected chi connectivity index (χ3v) is 3.84. The zero-order valence-electron chi connectivity index (χ0n) is 12.7. The van der Waals surface area contributed by atoms with Crippen LogP contribution in [0.1, 0.15) is 32.3 Å². The van der Waals surface area contributed by atoms with Crippen molar-refractivity contribution in [1.82, 2.24) is 9.88 Å². The molecule has 1 fully saturated rings. The minimum Gasteiger partial charge on any atom is -0.311 e. The fourth-order valence-corrected chi connectivity index (χ4v) is 2.97. The zero-order valence-corrected chi connectivity index (χ0v) is 12.7. The van der Waals surface area contributed by atoms with Crippen LogP contribution in [0.3, 0.4) is 0 Å². The number of likely N-dealkylation sites (tertiary alicyclic amines) is 1. The molecule has 0 radical (unpaired) electrons. The van der Waals surface area contributed by atoms with Gasteiger partial charge in [0.25, 0.3) is 0 Å². The maximum absolute atomic E-state index is 11.9. The molecule has 0 bridgehead atoms. The summed E-state index contributed by atoms with van der Waals surface area (Å²) < 4.78 is 0.